The van der Waals surface area contributed by atoms with E-state index in [-0.39, 0.29) is 12.0 Å². The average molecular weight is 249 g/mol. The normalized spacial score (nSPS) is 12.4. The lowest BCUT2D eigenvalue weighted by Crippen LogP contribution is -2.06. The molecule has 2 aromatic rings. The zero-order chi connectivity index (χ0) is 13.1. The molecular weight excluding hydrogens is 236 g/mol. The maximum absolute atomic E-state index is 13.4. The number of pyridine rings is 1. The number of hydrogen-bond acceptors (Lipinski definition) is 2. The first-order valence-electron chi connectivity index (χ1n) is 5.61. The minimum absolute atomic E-state index is 0.106. The number of aryl methyl sites for hydroxylation is 1. The lowest BCUT2D eigenvalue weighted by atomic mass is 10.0. The molecule has 1 heterocycles. The fourth-order valence-corrected chi connectivity index (χ4v) is 1.71. The summed E-state index contributed by atoms with van der Waals surface area (Å²) in [6.45, 7) is 1.83. The Bertz CT molecular complexity index is 520. The zero-order valence-electron chi connectivity index (χ0n) is 9.90. The quantitative estimate of drug-likeness (QED) is 0.907. The van der Waals surface area contributed by atoms with Crippen molar-refractivity contribution in [3.05, 3.63) is 65.0 Å². The van der Waals surface area contributed by atoms with Crippen LogP contribution in [0.1, 0.15) is 22.9 Å². The van der Waals surface area contributed by atoms with Crippen LogP contribution in [0.2, 0.25) is 0 Å². The lowest BCUT2D eigenvalue weighted by Gasteiger charge is -2.12. The molecule has 18 heavy (non-hydrogen) atoms. The average Bonchev–Trinajstić information content (AvgIpc) is 2.34. The van der Waals surface area contributed by atoms with Crippen molar-refractivity contribution in [2.75, 3.05) is 0 Å². The first-order valence-corrected chi connectivity index (χ1v) is 5.61. The minimum atomic E-state index is -0.968. The van der Waals surface area contributed by atoms with Crippen molar-refractivity contribution in [2.45, 2.75) is 19.4 Å². The molecule has 0 amide bonds. The van der Waals surface area contributed by atoms with Gasteiger partial charge in [0.1, 0.15) is 11.6 Å². The van der Waals surface area contributed by atoms with Crippen LogP contribution >= 0.6 is 0 Å². The fraction of sp³-hybridized carbons (Fsp3) is 0.214. The van der Waals surface area contributed by atoms with Crippen LogP contribution in [0, 0.1) is 18.6 Å². The highest BCUT2D eigenvalue weighted by Crippen LogP contribution is 2.21. The second-order valence-corrected chi connectivity index (χ2v) is 4.15. The van der Waals surface area contributed by atoms with Crippen LogP contribution in [0.3, 0.4) is 0 Å². The summed E-state index contributed by atoms with van der Waals surface area (Å²) in [5, 5.41) is 9.94. The Morgan fingerprint density at radius 2 is 1.83 bits per heavy atom. The molecule has 2 rings (SSSR count). The van der Waals surface area contributed by atoms with Gasteiger partial charge in [0.2, 0.25) is 0 Å². The van der Waals surface area contributed by atoms with Gasteiger partial charge in [-0.2, -0.15) is 0 Å². The van der Waals surface area contributed by atoms with Crippen molar-refractivity contribution in [2.24, 2.45) is 0 Å². The van der Waals surface area contributed by atoms with Crippen LogP contribution in [0.4, 0.5) is 8.78 Å². The van der Waals surface area contributed by atoms with Gasteiger partial charge in [0.05, 0.1) is 6.10 Å². The predicted octanol–water partition coefficient (Wildman–Crippen LogP) is 2.94. The summed E-state index contributed by atoms with van der Waals surface area (Å²) < 4.78 is 26.8. The van der Waals surface area contributed by atoms with Gasteiger partial charge in [-0.15, -0.1) is 0 Å². The van der Waals surface area contributed by atoms with Crippen LogP contribution < -0.4 is 0 Å². The van der Waals surface area contributed by atoms with Gasteiger partial charge in [0, 0.05) is 23.9 Å². The summed E-state index contributed by atoms with van der Waals surface area (Å²) in [5.41, 5.74) is 1.26. The predicted molar refractivity (Wildman–Crippen MR) is 64.0 cm³/mol. The molecule has 1 aromatic heterocycles. The number of aromatic nitrogens is 1. The Kier molecular flexibility index (Phi) is 3.67. The molecule has 1 unspecified atom stereocenters. The Morgan fingerprint density at radius 3 is 2.39 bits per heavy atom. The molecule has 1 N–H and O–H groups in total. The fourth-order valence-electron chi connectivity index (χ4n) is 1.71. The van der Waals surface area contributed by atoms with Crippen LogP contribution in [-0.4, -0.2) is 10.1 Å². The van der Waals surface area contributed by atoms with Gasteiger partial charge in [0.25, 0.3) is 0 Å². The third-order valence-electron chi connectivity index (χ3n) is 2.78. The number of aliphatic hydroxyl groups excluding tert-OH is 1. The molecular formula is C14H13F2NO. The highest BCUT2D eigenvalue weighted by Gasteiger charge is 2.15. The first-order chi connectivity index (χ1) is 8.58. The first kappa shape index (κ1) is 12.6. The summed E-state index contributed by atoms with van der Waals surface area (Å²) in [6, 6.07) is 7.10. The number of benzene rings is 1. The molecule has 0 aliphatic carbocycles. The van der Waals surface area contributed by atoms with E-state index < -0.39 is 17.7 Å². The second-order valence-electron chi connectivity index (χ2n) is 4.15. The maximum Gasteiger partial charge on any atom is 0.129 e. The van der Waals surface area contributed by atoms with E-state index in [1.54, 1.807) is 12.1 Å². The van der Waals surface area contributed by atoms with Crippen molar-refractivity contribution >= 4 is 0 Å². The molecule has 0 spiro atoms. The molecule has 2 nitrogen and oxygen atoms in total. The van der Waals surface area contributed by atoms with E-state index in [4.69, 9.17) is 0 Å². The molecule has 0 saturated carbocycles. The van der Waals surface area contributed by atoms with Gasteiger partial charge in [-0.3, -0.25) is 4.98 Å². The van der Waals surface area contributed by atoms with E-state index >= 15 is 0 Å². The minimum Gasteiger partial charge on any atom is -0.388 e. The Hall–Kier alpha value is -1.81. The van der Waals surface area contributed by atoms with E-state index in [9.17, 15) is 13.9 Å². The van der Waals surface area contributed by atoms with Gasteiger partial charge in [-0.05, 0) is 30.7 Å². The summed E-state index contributed by atoms with van der Waals surface area (Å²) >= 11 is 0. The van der Waals surface area contributed by atoms with Crippen LogP contribution in [-0.2, 0) is 6.42 Å². The monoisotopic (exact) mass is 249 g/mol. The van der Waals surface area contributed by atoms with Gasteiger partial charge in [0.15, 0.2) is 0 Å². The van der Waals surface area contributed by atoms with Gasteiger partial charge < -0.3 is 5.11 Å². The largest absolute Gasteiger partial charge is 0.388 e. The van der Waals surface area contributed by atoms with Crippen molar-refractivity contribution in [3.63, 3.8) is 0 Å². The Labute approximate surface area is 104 Å². The molecule has 0 aliphatic rings. The zero-order valence-corrected chi connectivity index (χ0v) is 9.90. The third kappa shape index (κ3) is 2.71. The maximum atomic E-state index is 13.4. The van der Waals surface area contributed by atoms with E-state index in [0.29, 0.717) is 5.56 Å². The van der Waals surface area contributed by atoms with Crippen molar-refractivity contribution in [1.82, 2.24) is 4.98 Å². The topological polar surface area (TPSA) is 33.1 Å². The lowest BCUT2D eigenvalue weighted by molar-refractivity contribution is 0.175. The van der Waals surface area contributed by atoms with Gasteiger partial charge in [-0.25, -0.2) is 8.78 Å². The van der Waals surface area contributed by atoms with Crippen molar-refractivity contribution in [1.29, 1.82) is 0 Å². The molecule has 0 saturated heterocycles. The number of hydrogen-bond donors (Lipinski definition) is 1. The molecule has 1 atom stereocenters. The van der Waals surface area contributed by atoms with Gasteiger partial charge >= 0.3 is 0 Å². The molecule has 0 radical (unpaired) electrons. The van der Waals surface area contributed by atoms with E-state index in [0.717, 1.165) is 5.69 Å². The smallest absolute Gasteiger partial charge is 0.129 e. The van der Waals surface area contributed by atoms with Crippen LogP contribution in [0.15, 0.2) is 36.5 Å². The van der Waals surface area contributed by atoms with Gasteiger partial charge in [-0.1, -0.05) is 12.1 Å². The molecule has 94 valence electrons. The summed E-state index contributed by atoms with van der Waals surface area (Å²) in [7, 11) is 0. The number of aliphatic hydroxyl groups is 1. The molecule has 0 aliphatic heterocycles. The second kappa shape index (κ2) is 5.23. The molecule has 4 heteroatoms. The molecule has 0 bridgehead atoms. The van der Waals surface area contributed by atoms with E-state index in [1.807, 2.05) is 6.92 Å². The highest BCUT2D eigenvalue weighted by atomic mass is 19.1. The number of halogens is 2. The van der Waals surface area contributed by atoms with Crippen LogP contribution in [0.25, 0.3) is 0 Å². The molecule has 1 aromatic carbocycles. The number of rotatable bonds is 3. The van der Waals surface area contributed by atoms with Crippen LogP contribution in [0.5, 0.6) is 0 Å². The summed E-state index contributed by atoms with van der Waals surface area (Å²) in [6.07, 6.45) is 0.437. The van der Waals surface area contributed by atoms with Crippen molar-refractivity contribution in [3.8, 4) is 0 Å². The van der Waals surface area contributed by atoms with Crippen molar-refractivity contribution < 1.29 is 13.9 Å². The molecule has 0 fully saturated rings. The summed E-state index contributed by atoms with van der Waals surface area (Å²) in [4.78, 5) is 4.04. The highest BCUT2D eigenvalue weighted by molar-refractivity contribution is 5.24. The Morgan fingerprint density at radius 1 is 1.17 bits per heavy atom. The number of nitrogens with zero attached hydrogens (tertiary/aromatic N) is 1. The van der Waals surface area contributed by atoms with E-state index in [1.165, 1.54) is 24.4 Å². The standard InChI is InChI=1S/C14H13F2NO/c1-9-5-6-10(8-17-9)14(18)7-11-12(15)3-2-4-13(11)16/h2-6,8,14,18H,7H2,1H3. The van der Waals surface area contributed by atoms with E-state index in [2.05, 4.69) is 4.98 Å². The SMILES string of the molecule is Cc1ccc(C(O)Cc2c(F)cccc2F)cn1. The third-order valence-corrected chi connectivity index (χ3v) is 2.78. The Balaban J connectivity index is 2.21. The summed E-state index contributed by atoms with van der Waals surface area (Å²) in [5.74, 6) is -1.29.